The largest absolute Gasteiger partial charge is 0.339 e. The minimum absolute atomic E-state index is 0.161. The van der Waals surface area contributed by atoms with E-state index in [0.717, 1.165) is 18.7 Å². The monoisotopic (exact) mass is 177 g/mol. The zero-order valence-electron chi connectivity index (χ0n) is 7.58. The van der Waals surface area contributed by atoms with E-state index in [1.807, 2.05) is 0 Å². The Morgan fingerprint density at radius 2 is 2.38 bits per heavy atom. The summed E-state index contributed by atoms with van der Waals surface area (Å²) in [5, 5.41) is 12.3. The van der Waals surface area contributed by atoms with Gasteiger partial charge in [0.05, 0.1) is 6.07 Å². The van der Waals surface area contributed by atoms with E-state index in [2.05, 4.69) is 23.1 Å². The quantitative estimate of drug-likeness (QED) is 0.703. The van der Waals surface area contributed by atoms with Gasteiger partial charge in [-0.1, -0.05) is 12.1 Å². The van der Waals surface area contributed by atoms with Crippen molar-refractivity contribution in [3.05, 3.63) is 11.7 Å². The van der Waals surface area contributed by atoms with Gasteiger partial charge in [0.25, 0.3) is 0 Å². The molecular weight excluding hydrogens is 166 g/mol. The van der Waals surface area contributed by atoms with Crippen LogP contribution in [0.2, 0.25) is 0 Å². The molecule has 0 spiro atoms. The van der Waals surface area contributed by atoms with Crippen molar-refractivity contribution in [3.8, 4) is 6.07 Å². The van der Waals surface area contributed by atoms with E-state index >= 15 is 0 Å². The summed E-state index contributed by atoms with van der Waals surface area (Å²) in [6, 6.07) is 2.05. The Kier molecular flexibility index (Phi) is 1.80. The van der Waals surface area contributed by atoms with Crippen molar-refractivity contribution in [2.45, 2.75) is 38.0 Å². The second kappa shape index (κ2) is 2.84. The highest BCUT2D eigenvalue weighted by Crippen LogP contribution is 2.45. The first-order valence-electron chi connectivity index (χ1n) is 4.45. The minimum Gasteiger partial charge on any atom is -0.339 e. The highest BCUT2D eigenvalue weighted by molar-refractivity contribution is 5.14. The Morgan fingerprint density at radius 1 is 1.62 bits per heavy atom. The van der Waals surface area contributed by atoms with Crippen LogP contribution in [-0.2, 0) is 11.8 Å². The van der Waals surface area contributed by atoms with Crippen molar-refractivity contribution < 1.29 is 4.52 Å². The van der Waals surface area contributed by atoms with E-state index in [1.165, 1.54) is 0 Å². The van der Waals surface area contributed by atoms with E-state index in [-0.39, 0.29) is 5.41 Å². The summed E-state index contributed by atoms with van der Waals surface area (Å²) in [4.78, 5) is 4.25. The molecule has 0 saturated heterocycles. The first-order chi connectivity index (χ1) is 6.24. The number of rotatable bonds is 3. The van der Waals surface area contributed by atoms with Crippen LogP contribution in [-0.4, -0.2) is 10.1 Å². The number of hydrogen-bond acceptors (Lipinski definition) is 4. The predicted molar refractivity (Wildman–Crippen MR) is 44.8 cm³/mol. The van der Waals surface area contributed by atoms with Gasteiger partial charge < -0.3 is 4.52 Å². The van der Waals surface area contributed by atoms with E-state index in [0.29, 0.717) is 18.7 Å². The van der Waals surface area contributed by atoms with Crippen LogP contribution in [0.25, 0.3) is 0 Å². The summed E-state index contributed by atoms with van der Waals surface area (Å²) in [5.41, 5.74) is 0.161. The Morgan fingerprint density at radius 3 is 3.00 bits per heavy atom. The lowest BCUT2D eigenvalue weighted by molar-refractivity contribution is 0.370. The van der Waals surface area contributed by atoms with Gasteiger partial charge in [-0.05, 0) is 12.8 Å². The molecule has 1 aliphatic rings. The number of nitrogens with zero attached hydrogens (tertiary/aromatic N) is 3. The number of hydrogen-bond donors (Lipinski definition) is 0. The third-order valence-corrected chi connectivity index (χ3v) is 2.46. The van der Waals surface area contributed by atoms with Crippen molar-refractivity contribution >= 4 is 0 Å². The van der Waals surface area contributed by atoms with Crippen LogP contribution in [0.15, 0.2) is 4.52 Å². The lowest BCUT2D eigenvalue weighted by atomic mass is 10.1. The molecule has 0 aliphatic heterocycles. The molecule has 1 aromatic heterocycles. The second-order valence-corrected chi connectivity index (χ2v) is 3.73. The van der Waals surface area contributed by atoms with Crippen molar-refractivity contribution in [2.75, 3.05) is 0 Å². The van der Waals surface area contributed by atoms with Crippen molar-refractivity contribution in [2.24, 2.45) is 0 Å². The number of aryl methyl sites for hydroxylation is 1. The first kappa shape index (κ1) is 8.24. The normalized spacial score (nSPS) is 18.2. The van der Waals surface area contributed by atoms with Gasteiger partial charge in [-0.2, -0.15) is 10.2 Å². The zero-order chi connectivity index (χ0) is 9.31. The van der Waals surface area contributed by atoms with Gasteiger partial charge in [-0.25, -0.2) is 0 Å². The maximum Gasteiger partial charge on any atom is 0.227 e. The molecule has 0 amide bonds. The summed E-state index contributed by atoms with van der Waals surface area (Å²) >= 11 is 0. The van der Waals surface area contributed by atoms with Crippen molar-refractivity contribution in [1.29, 1.82) is 5.26 Å². The molecule has 1 saturated carbocycles. The molecule has 0 radical (unpaired) electrons. The van der Waals surface area contributed by atoms with Gasteiger partial charge in [0.15, 0.2) is 5.82 Å². The Bertz CT molecular complexity index is 346. The van der Waals surface area contributed by atoms with E-state index in [4.69, 9.17) is 9.78 Å². The molecule has 4 heteroatoms. The fourth-order valence-corrected chi connectivity index (χ4v) is 1.18. The molecule has 1 aromatic rings. The number of nitriles is 1. The van der Waals surface area contributed by atoms with Gasteiger partial charge in [-0.15, -0.1) is 0 Å². The predicted octanol–water partition coefficient (Wildman–Crippen LogP) is 1.58. The molecule has 4 nitrogen and oxygen atoms in total. The summed E-state index contributed by atoms with van der Waals surface area (Å²) in [6.07, 6.45) is 3.30. The van der Waals surface area contributed by atoms with E-state index in [1.54, 1.807) is 0 Å². The van der Waals surface area contributed by atoms with Crippen LogP contribution < -0.4 is 0 Å². The molecule has 0 unspecified atom stereocenters. The highest BCUT2D eigenvalue weighted by atomic mass is 16.5. The minimum atomic E-state index is 0.161. The molecule has 1 fully saturated rings. The van der Waals surface area contributed by atoms with Crippen LogP contribution in [0.3, 0.4) is 0 Å². The Hall–Kier alpha value is -1.37. The third kappa shape index (κ3) is 1.55. The maximum atomic E-state index is 8.37. The van der Waals surface area contributed by atoms with Gasteiger partial charge >= 0.3 is 0 Å². The van der Waals surface area contributed by atoms with Crippen molar-refractivity contribution in [3.63, 3.8) is 0 Å². The molecule has 13 heavy (non-hydrogen) atoms. The van der Waals surface area contributed by atoms with E-state index < -0.39 is 0 Å². The van der Waals surface area contributed by atoms with Gasteiger partial charge in [-0.3, -0.25) is 0 Å². The summed E-state index contributed by atoms with van der Waals surface area (Å²) in [5.74, 6) is 1.39. The standard InChI is InChI=1S/C9H11N3O/c1-9(4-5-9)8-11-7(13-12-8)3-2-6-10/h2-5H2,1H3. The highest BCUT2D eigenvalue weighted by Gasteiger charge is 2.43. The summed E-state index contributed by atoms with van der Waals surface area (Å²) in [7, 11) is 0. The van der Waals surface area contributed by atoms with Crippen LogP contribution >= 0.6 is 0 Å². The van der Waals surface area contributed by atoms with E-state index in [9.17, 15) is 0 Å². The molecule has 1 heterocycles. The fraction of sp³-hybridized carbons (Fsp3) is 0.667. The molecule has 2 rings (SSSR count). The molecule has 1 aliphatic carbocycles. The van der Waals surface area contributed by atoms with Crippen LogP contribution in [0, 0.1) is 11.3 Å². The Labute approximate surface area is 76.6 Å². The van der Waals surface area contributed by atoms with Gasteiger partial charge in [0, 0.05) is 18.3 Å². The molecule has 68 valence electrons. The number of aromatic nitrogens is 2. The van der Waals surface area contributed by atoms with Crippen LogP contribution in [0.4, 0.5) is 0 Å². The lowest BCUT2D eigenvalue weighted by Crippen LogP contribution is -2.02. The Balaban J connectivity index is 2.06. The average molecular weight is 177 g/mol. The molecule has 0 N–H and O–H groups in total. The zero-order valence-corrected chi connectivity index (χ0v) is 7.58. The molecule has 0 atom stereocenters. The maximum absolute atomic E-state index is 8.37. The lowest BCUT2D eigenvalue weighted by Gasteiger charge is -1.96. The average Bonchev–Trinajstić information content (AvgIpc) is 2.69. The summed E-state index contributed by atoms with van der Waals surface area (Å²) in [6.45, 7) is 2.13. The SMILES string of the molecule is CC1(c2noc(CCC#N)n2)CC1. The molecule has 0 bridgehead atoms. The van der Waals surface area contributed by atoms with Crippen molar-refractivity contribution in [1.82, 2.24) is 10.1 Å². The smallest absolute Gasteiger partial charge is 0.227 e. The first-order valence-corrected chi connectivity index (χ1v) is 4.45. The third-order valence-electron chi connectivity index (χ3n) is 2.46. The second-order valence-electron chi connectivity index (χ2n) is 3.73. The molecular formula is C9H11N3O. The van der Waals surface area contributed by atoms with Crippen LogP contribution in [0.5, 0.6) is 0 Å². The summed E-state index contributed by atoms with van der Waals surface area (Å²) < 4.78 is 5.02. The topological polar surface area (TPSA) is 62.7 Å². The van der Waals surface area contributed by atoms with Gasteiger partial charge in [0.2, 0.25) is 5.89 Å². The fourth-order valence-electron chi connectivity index (χ4n) is 1.18. The van der Waals surface area contributed by atoms with Gasteiger partial charge in [0.1, 0.15) is 0 Å². The van der Waals surface area contributed by atoms with Crippen LogP contribution in [0.1, 0.15) is 37.9 Å². The molecule has 0 aromatic carbocycles.